The summed E-state index contributed by atoms with van der Waals surface area (Å²) >= 11 is 0. The first-order valence-electron chi connectivity index (χ1n) is 14.8. The minimum absolute atomic E-state index is 0.180. The molecular weight excluding hydrogens is 456 g/mol. The summed E-state index contributed by atoms with van der Waals surface area (Å²) in [6, 6.07) is 21.7. The normalized spacial score (nSPS) is 34.8. The van der Waals surface area contributed by atoms with E-state index in [0.29, 0.717) is 23.9 Å². The number of nitrogens with one attached hydrogen (secondary N) is 2. The van der Waals surface area contributed by atoms with Crippen LogP contribution in [0.1, 0.15) is 93.6 Å². The van der Waals surface area contributed by atoms with Gasteiger partial charge < -0.3 is 10.6 Å². The fraction of sp³-hybridized carbons (Fsp3) is 0.576. The summed E-state index contributed by atoms with van der Waals surface area (Å²) < 4.78 is 0. The van der Waals surface area contributed by atoms with Crippen LogP contribution < -0.4 is 10.6 Å². The summed E-state index contributed by atoms with van der Waals surface area (Å²) in [5, 5.41) is 6.75. The topological polar surface area (TPSA) is 58.2 Å². The number of amides is 2. The lowest BCUT2D eigenvalue weighted by atomic mass is 9.75. The fourth-order valence-electron chi connectivity index (χ4n) is 7.28. The summed E-state index contributed by atoms with van der Waals surface area (Å²) in [4.78, 5) is 25.5. The third-order valence-electron chi connectivity index (χ3n) is 9.76. The lowest BCUT2D eigenvalue weighted by Crippen LogP contribution is -2.40. The maximum absolute atomic E-state index is 12.8. The van der Waals surface area contributed by atoms with Crippen LogP contribution in [0.25, 0.3) is 0 Å². The van der Waals surface area contributed by atoms with E-state index in [4.69, 9.17) is 0 Å². The van der Waals surface area contributed by atoms with E-state index in [0.717, 1.165) is 50.4 Å². The van der Waals surface area contributed by atoms with E-state index in [1.807, 2.05) is 12.1 Å². The van der Waals surface area contributed by atoms with E-state index in [9.17, 15) is 9.59 Å². The molecule has 2 N–H and O–H groups in total. The van der Waals surface area contributed by atoms with Gasteiger partial charge in [-0.2, -0.15) is 0 Å². The molecule has 0 unspecified atom stereocenters. The molecule has 0 spiro atoms. The van der Waals surface area contributed by atoms with Gasteiger partial charge in [-0.25, -0.2) is 0 Å². The smallest absolute Gasteiger partial charge is 0.223 e. The summed E-state index contributed by atoms with van der Waals surface area (Å²) in [6.45, 7) is 0. The number of carbonyl (C=O) groups excluding carboxylic acids is 2. The molecule has 2 aromatic carbocycles. The Morgan fingerprint density at radius 3 is 1.32 bits per heavy atom. The van der Waals surface area contributed by atoms with Crippen LogP contribution in [0, 0.1) is 23.7 Å². The van der Waals surface area contributed by atoms with Crippen LogP contribution in [-0.2, 0) is 9.59 Å². The van der Waals surface area contributed by atoms with E-state index in [2.05, 4.69) is 59.2 Å². The van der Waals surface area contributed by atoms with E-state index in [1.165, 1.54) is 43.2 Å². The fourth-order valence-corrected chi connectivity index (χ4v) is 7.28. The van der Waals surface area contributed by atoms with Crippen LogP contribution in [0.5, 0.6) is 0 Å². The number of rotatable bonds is 8. The molecule has 4 saturated carbocycles. The molecule has 4 aliphatic carbocycles. The standard InChI is InChI=1S/C33H42N2O2/c36-32(30-20-28(30)24-7-3-1-4-8-24)34-26-15-11-22(12-16-26)19-23-13-17-27(18-14-23)35-33(37)31-21-29(31)25-9-5-2-6-10-25/h1-10,22-23,26-31H,11-21H2,(H,34,36)(H,35,37)/t22?,23?,26?,27?,28-,29-,30-,31-/m1/s1. The Morgan fingerprint density at radius 1 is 0.568 bits per heavy atom. The van der Waals surface area contributed by atoms with E-state index in [-0.39, 0.29) is 23.7 Å². The van der Waals surface area contributed by atoms with Gasteiger partial charge in [-0.15, -0.1) is 0 Å². The maximum Gasteiger partial charge on any atom is 0.223 e. The van der Waals surface area contributed by atoms with Gasteiger partial charge in [-0.05, 0) is 105 Å². The van der Waals surface area contributed by atoms with Crippen molar-refractivity contribution in [1.82, 2.24) is 10.6 Å². The molecular formula is C33H42N2O2. The predicted octanol–water partition coefficient (Wildman–Crippen LogP) is 6.33. The molecule has 4 nitrogen and oxygen atoms in total. The van der Waals surface area contributed by atoms with Crippen molar-refractivity contribution >= 4 is 11.8 Å². The highest BCUT2D eigenvalue weighted by molar-refractivity contribution is 5.83. The zero-order valence-electron chi connectivity index (χ0n) is 22.0. The van der Waals surface area contributed by atoms with Gasteiger partial charge in [0.25, 0.3) is 0 Å². The van der Waals surface area contributed by atoms with E-state index in [1.54, 1.807) is 0 Å². The molecule has 0 saturated heterocycles. The molecule has 196 valence electrons. The summed E-state index contributed by atoms with van der Waals surface area (Å²) in [6.07, 6.45) is 12.9. The monoisotopic (exact) mass is 498 g/mol. The first-order chi connectivity index (χ1) is 18.1. The number of benzene rings is 2. The van der Waals surface area contributed by atoms with Crippen LogP contribution in [0.15, 0.2) is 60.7 Å². The van der Waals surface area contributed by atoms with Gasteiger partial charge in [-0.1, -0.05) is 60.7 Å². The van der Waals surface area contributed by atoms with Gasteiger partial charge in [-0.3, -0.25) is 9.59 Å². The number of carbonyl (C=O) groups is 2. The van der Waals surface area contributed by atoms with Gasteiger partial charge in [0, 0.05) is 23.9 Å². The van der Waals surface area contributed by atoms with Crippen LogP contribution in [0.3, 0.4) is 0 Å². The molecule has 0 bridgehead atoms. The molecule has 6 rings (SSSR count). The molecule has 2 aromatic rings. The Labute approximate surface area is 222 Å². The second-order valence-corrected chi connectivity index (χ2v) is 12.4. The average molecular weight is 499 g/mol. The average Bonchev–Trinajstić information content (AvgIpc) is 3.86. The SMILES string of the molecule is O=C(NC1CCC(CC2CCC(NC(=O)[C@@H]3C[C@@H]3c3ccccc3)CC2)CC1)[C@@H]1C[C@@H]1c1ccccc1. The molecule has 0 radical (unpaired) electrons. The minimum atomic E-state index is 0.180. The van der Waals surface area contributed by atoms with Gasteiger partial charge in [0.05, 0.1) is 0 Å². The van der Waals surface area contributed by atoms with Gasteiger partial charge in [0.2, 0.25) is 11.8 Å². The quantitative estimate of drug-likeness (QED) is 0.447. The number of hydrogen-bond donors (Lipinski definition) is 2. The van der Waals surface area contributed by atoms with Crippen molar-refractivity contribution < 1.29 is 9.59 Å². The van der Waals surface area contributed by atoms with E-state index >= 15 is 0 Å². The minimum Gasteiger partial charge on any atom is -0.353 e. The first-order valence-corrected chi connectivity index (χ1v) is 14.8. The van der Waals surface area contributed by atoms with Crippen molar-refractivity contribution in [1.29, 1.82) is 0 Å². The first kappa shape index (κ1) is 24.7. The largest absolute Gasteiger partial charge is 0.353 e. The van der Waals surface area contributed by atoms with Crippen molar-refractivity contribution in [2.24, 2.45) is 23.7 Å². The van der Waals surface area contributed by atoms with Crippen molar-refractivity contribution in [3.63, 3.8) is 0 Å². The molecule has 4 atom stereocenters. The van der Waals surface area contributed by atoms with Crippen molar-refractivity contribution in [2.45, 2.75) is 94.5 Å². The Hall–Kier alpha value is -2.62. The second kappa shape index (κ2) is 11.0. The van der Waals surface area contributed by atoms with Crippen LogP contribution >= 0.6 is 0 Å². The lowest BCUT2D eigenvalue weighted by Gasteiger charge is -2.34. The molecule has 4 heteroatoms. The zero-order chi connectivity index (χ0) is 25.2. The maximum atomic E-state index is 12.8. The number of hydrogen-bond acceptors (Lipinski definition) is 2. The third-order valence-corrected chi connectivity index (χ3v) is 9.76. The van der Waals surface area contributed by atoms with Gasteiger partial charge in [0.15, 0.2) is 0 Å². The molecule has 2 amide bonds. The summed E-state index contributed by atoms with van der Waals surface area (Å²) in [7, 11) is 0. The Bertz CT molecular complexity index is 969. The van der Waals surface area contributed by atoms with Crippen LogP contribution in [0.2, 0.25) is 0 Å². The Kier molecular flexibility index (Phi) is 7.35. The second-order valence-electron chi connectivity index (χ2n) is 12.4. The third kappa shape index (κ3) is 6.10. The van der Waals surface area contributed by atoms with Crippen molar-refractivity contribution in [3.05, 3.63) is 71.8 Å². The van der Waals surface area contributed by atoms with Crippen molar-refractivity contribution in [2.75, 3.05) is 0 Å². The van der Waals surface area contributed by atoms with Crippen molar-refractivity contribution in [3.8, 4) is 0 Å². The highest BCUT2D eigenvalue weighted by atomic mass is 16.2. The molecule has 0 aliphatic heterocycles. The lowest BCUT2D eigenvalue weighted by molar-refractivity contribution is -0.124. The van der Waals surface area contributed by atoms with Gasteiger partial charge >= 0.3 is 0 Å². The predicted molar refractivity (Wildman–Crippen MR) is 147 cm³/mol. The molecule has 4 aliphatic rings. The molecule has 37 heavy (non-hydrogen) atoms. The summed E-state index contributed by atoms with van der Waals surface area (Å²) in [5.74, 6) is 3.37. The Balaban J connectivity index is 0.862. The summed E-state index contributed by atoms with van der Waals surface area (Å²) in [5.41, 5.74) is 2.62. The highest BCUT2D eigenvalue weighted by Gasteiger charge is 2.45. The van der Waals surface area contributed by atoms with Gasteiger partial charge in [0.1, 0.15) is 0 Å². The highest BCUT2D eigenvalue weighted by Crippen LogP contribution is 2.48. The van der Waals surface area contributed by atoms with Crippen LogP contribution in [-0.4, -0.2) is 23.9 Å². The molecule has 0 aromatic heterocycles. The van der Waals surface area contributed by atoms with E-state index < -0.39 is 0 Å². The Morgan fingerprint density at radius 2 is 0.946 bits per heavy atom. The molecule has 4 fully saturated rings. The zero-order valence-corrected chi connectivity index (χ0v) is 22.0. The molecule has 0 heterocycles. The van der Waals surface area contributed by atoms with Crippen LogP contribution in [0.4, 0.5) is 0 Å².